The van der Waals surface area contributed by atoms with Gasteiger partial charge in [-0.15, -0.1) is 0 Å². The van der Waals surface area contributed by atoms with Gasteiger partial charge in [0.25, 0.3) is 0 Å². The molecule has 72 valence electrons. The first-order valence-electron chi connectivity index (χ1n) is 4.00. The number of hydrogen-bond acceptors (Lipinski definition) is 2. The SMILES string of the molecule is CCOP(Br)c1ccc(OC)cc1. The zero-order valence-corrected chi connectivity index (χ0v) is 10.1. The molecule has 1 atom stereocenters. The minimum atomic E-state index is -0.636. The molecule has 1 aromatic carbocycles. The third kappa shape index (κ3) is 3.26. The molecule has 0 aliphatic carbocycles. The van der Waals surface area contributed by atoms with Crippen LogP contribution in [0.15, 0.2) is 24.3 Å². The Labute approximate surface area is 87.8 Å². The van der Waals surface area contributed by atoms with Crippen LogP contribution in [0.4, 0.5) is 0 Å². The minimum Gasteiger partial charge on any atom is -0.497 e. The second kappa shape index (κ2) is 5.58. The molecule has 0 aromatic heterocycles. The summed E-state index contributed by atoms with van der Waals surface area (Å²) in [7, 11) is 1.66. The van der Waals surface area contributed by atoms with Crippen molar-refractivity contribution < 1.29 is 9.26 Å². The van der Waals surface area contributed by atoms with Gasteiger partial charge in [-0.25, -0.2) is 0 Å². The number of benzene rings is 1. The molecule has 0 bridgehead atoms. The lowest BCUT2D eigenvalue weighted by Gasteiger charge is -2.09. The number of methoxy groups -OCH3 is 1. The van der Waals surface area contributed by atoms with Crippen molar-refractivity contribution in [2.24, 2.45) is 0 Å². The van der Waals surface area contributed by atoms with Gasteiger partial charge in [0.2, 0.25) is 0 Å². The second-order valence-corrected chi connectivity index (χ2v) is 5.56. The summed E-state index contributed by atoms with van der Waals surface area (Å²) in [6.07, 6.45) is 0. The molecule has 1 unspecified atom stereocenters. The van der Waals surface area contributed by atoms with Crippen molar-refractivity contribution in [3.8, 4) is 5.75 Å². The van der Waals surface area contributed by atoms with Gasteiger partial charge in [-0.3, -0.25) is 0 Å². The molecule has 0 aliphatic rings. The fourth-order valence-corrected chi connectivity index (χ4v) is 2.97. The Bertz CT molecular complexity index is 250. The molecule has 0 amide bonds. The van der Waals surface area contributed by atoms with Crippen molar-refractivity contribution in [2.45, 2.75) is 6.92 Å². The highest BCUT2D eigenvalue weighted by Crippen LogP contribution is 2.43. The summed E-state index contributed by atoms with van der Waals surface area (Å²) >= 11 is 3.49. The Morgan fingerprint density at radius 1 is 1.31 bits per heavy atom. The number of hydrogen-bond donors (Lipinski definition) is 0. The lowest BCUT2D eigenvalue weighted by molar-refractivity contribution is 0.392. The van der Waals surface area contributed by atoms with Crippen molar-refractivity contribution in [2.75, 3.05) is 13.7 Å². The van der Waals surface area contributed by atoms with Gasteiger partial charge < -0.3 is 9.26 Å². The smallest absolute Gasteiger partial charge is 0.130 e. The largest absolute Gasteiger partial charge is 0.497 e. The summed E-state index contributed by atoms with van der Waals surface area (Å²) in [5, 5.41) is 1.16. The molecular formula is C9H12BrO2P. The van der Waals surface area contributed by atoms with E-state index in [1.54, 1.807) is 7.11 Å². The summed E-state index contributed by atoms with van der Waals surface area (Å²) in [6.45, 7) is 2.08. The van der Waals surface area contributed by atoms with Gasteiger partial charge in [0.05, 0.1) is 7.11 Å². The fraction of sp³-hybridized carbons (Fsp3) is 0.333. The Hall–Kier alpha value is -0.110. The zero-order chi connectivity index (χ0) is 9.68. The van der Waals surface area contributed by atoms with Crippen molar-refractivity contribution in [3.63, 3.8) is 0 Å². The van der Waals surface area contributed by atoms with Gasteiger partial charge in [0, 0.05) is 11.9 Å². The van der Waals surface area contributed by atoms with Crippen LogP contribution in [0.2, 0.25) is 0 Å². The Morgan fingerprint density at radius 2 is 1.92 bits per heavy atom. The van der Waals surface area contributed by atoms with E-state index in [1.165, 1.54) is 0 Å². The van der Waals surface area contributed by atoms with Crippen LogP contribution in [-0.4, -0.2) is 13.7 Å². The van der Waals surface area contributed by atoms with E-state index in [0.29, 0.717) is 0 Å². The predicted octanol–water partition coefficient (Wildman–Crippen LogP) is 3.06. The normalized spacial score (nSPS) is 12.5. The van der Waals surface area contributed by atoms with Crippen LogP contribution in [0.25, 0.3) is 0 Å². The topological polar surface area (TPSA) is 18.5 Å². The monoisotopic (exact) mass is 262 g/mol. The van der Waals surface area contributed by atoms with Gasteiger partial charge in [-0.2, -0.15) is 0 Å². The summed E-state index contributed by atoms with van der Waals surface area (Å²) < 4.78 is 10.5. The Morgan fingerprint density at radius 3 is 2.38 bits per heavy atom. The van der Waals surface area contributed by atoms with E-state index in [9.17, 15) is 0 Å². The van der Waals surface area contributed by atoms with Crippen LogP contribution < -0.4 is 10.0 Å². The Balaban J connectivity index is 2.67. The number of rotatable bonds is 4. The zero-order valence-electron chi connectivity index (χ0n) is 7.66. The van der Waals surface area contributed by atoms with E-state index in [2.05, 4.69) is 15.5 Å². The lowest BCUT2D eigenvalue weighted by Crippen LogP contribution is -1.98. The number of ether oxygens (including phenoxy) is 1. The molecule has 1 aromatic rings. The first-order chi connectivity index (χ1) is 6.27. The second-order valence-electron chi connectivity index (χ2n) is 2.36. The average Bonchev–Trinajstić information content (AvgIpc) is 2.18. The minimum absolute atomic E-state index is 0.636. The first-order valence-corrected chi connectivity index (χ1v) is 7.28. The maximum absolute atomic E-state index is 5.44. The highest BCUT2D eigenvalue weighted by Gasteiger charge is 2.06. The van der Waals surface area contributed by atoms with E-state index in [1.807, 2.05) is 31.2 Å². The molecule has 0 saturated carbocycles. The third-order valence-electron chi connectivity index (χ3n) is 1.52. The van der Waals surface area contributed by atoms with Gasteiger partial charge >= 0.3 is 0 Å². The van der Waals surface area contributed by atoms with Crippen molar-refractivity contribution in [3.05, 3.63) is 24.3 Å². The molecule has 0 heterocycles. The molecule has 1 rings (SSSR count). The molecule has 0 saturated heterocycles. The molecule has 13 heavy (non-hydrogen) atoms. The molecule has 4 heteroatoms. The standard InChI is InChI=1S/C9H12BrO2P/c1-3-12-13(10)9-6-4-8(11-2)5-7-9/h4-7H,3H2,1-2H3. The lowest BCUT2D eigenvalue weighted by atomic mass is 10.3. The van der Waals surface area contributed by atoms with Crippen LogP contribution in [0.5, 0.6) is 5.75 Å². The van der Waals surface area contributed by atoms with E-state index in [0.717, 1.165) is 17.7 Å². The molecule has 0 fully saturated rings. The summed E-state index contributed by atoms with van der Waals surface area (Å²) in [4.78, 5) is 0. The van der Waals surface area contributed by atoms with Crippen LogP contribution in [-0.2, 0) is 4.52 Å². The van der Waals surface area contributed by atoms with Crippen LogP contribution >= 0.6 is 22.3 Å². The highest BCUT2D eigenvalue weighted by molar-refractivity contribution is 9.39. The third-order valence-corrected chi connectivity index (χ3v) is 4.55. The Kier molecular flexibility index (Phi) is 4.71. The number of halogens is 1. The van der Waals surface area contributed by atoms with Crippen molar-refractivity contribution in [1.29, 1.82) is 0 Å². The van der Waals surface area contributed by atoms with Crippen LogP contribution in [0.1, 0.15) is 6.92 Å². The summed E-state index contributed by atoms with van der Waals surface area (Å²) in [6, 6.07) is 7.89. The van der Waals surface area contributed by atoms with Gasteiger partial charge in [-0.1, -0.05) is 0 Å². The van der Waals surface area contributed by atoms with Gasteiger partial charge in [0.15, 0.2) is 0 Å². The molecule has 0 N–H and O–H groups in total. The maximum Gasteiger partial charge on any atom is 0.130 e. The van der Waals surface area contributed by atoms with Gasteiger partial charge in [0.1, 0.15) is 12.6 Å². The van der Waals surface area contributed by atoms with Gasteiger partial charge in [-0.05, 0) is 46.7 Å². The summed E-state index contributed by atoms with van der Waals surface area (Å²) in [5.74, 6) is 0.871. The quantitative estimate of drug-likeness (QED) is 0.777. The van der Waals surface area contributed by atoms with Crippen molar-refractivity contribution in [1.82, 2.24) is 0 Å². The van der Waals surface area contributed by atoms with Crippen molar-refractivity contribution >= 4 is 27.6 Å². The van der Waals surface area contributed by atoms with E-state index in [4.69, 9.17) is 9.26 Å². The van der Waals surface area contributed by atoms with E-state index < -0.39 is 6.85 Å². The van der Waals surface area contributed by atoms with Crippen LogP contribution in [0, 0.1) is 0 Å². The van der Waals surface area contributed by atoms with E-state index in [-0.39, 0.29) is 0 Å². The summed E-state index contributed by atoms with van der Waals surface area (Å²) in [5.41, 5.74) is 0. The fourth-order valence-electron chi connectivity index (χ4n) is 0.887. The first kappa shape index (κ1) is 11.0. The molecular weight excluding hydrogens is 251 g/mol. The molecule has 0 spiro atoms. The average molecular weight is 263 g/mol. The highest BCUT2D eigenvalue weighted by atomic mass is 79.9. The van der Waals surface area contributed by atoms with E-state index >= 15 is 0 Å². The van der Waals surface area contributed by atoms with Crippen LogP contribution in [0.3, 0.4) is 0 Å². The molecule has 0 aliphatic heterocycles. The maximum atomic E-state index is 5.44. The predicted molar refractivity (Wildman–Crippen MR) is 60.1 cm³/mol. The molecule has 2 nitrogen and oxygen atoms in total. The molecule has 0 radical (unpaired) electrons.